The van der Waals surface area contributed by atoms with Crippen molar-refractivity contribution in [2.75, 3.05) is 19.8 Å². The van der Waals surface area contributed by atoms with E-state index in [0.29, 0.717) is 13.2 Å². The first-order chi connectivity index (χ1) is 18.5. The number of hydrogen-bond donors (Lipinski definition) is 0. The molecule has 0 radical (unpaired) electrons. The van der Waals surface area contributed by atoms with Gasteiger partial charge in [-0.1, -0.05) is 20.8 Å². The molecule has 1 aromatic carbocycles. The van der Waals surface area contributed by atoms with E-state index in [1.165, 1.54) is 40.1 Å². The van der Waals surface area contributed by atoms with Crippen molar-refractivity contribution in [3.8, 4) is 10.7 Å². The summed E-state index contributed by atoms with van der Waals surface area (Å²) in [5, 5.41) is 0.258. The van der Waals surface area contributed by atoms with Gasteiger partial charge in [0, 0.05) is 0 Å². The first-order valence-electron chi connectivity index (χ1n) is 14.9. The minimum atomic E-state index is -1.66. The van der Waals surface area contributed by atoms with E-state index >= 15 is 0 Å². The van der Waals surface area contributed by atoms with Gasteiger partial charge in [-0.25, -0.2) is 0 Å². The van der Waals surface area contributed by atoms with Crippen LogP contribution < -0.4 is 4.46 Å². The van der Waals surface area contributed by atoms with E-state index in [1.807, 2.05) is 13.8 Å². The Morgan fingerprint density at radius 3 is 2.23 bits per heavy atom. The van der Waals surface area contributed by atoms with Crippen molar-refractivity contribution in [2.45, 2.75) is 130 Å². The number of ether oxygens (including phenoxy) is 2. The van der Waals surface area contributed by atoms with Crippen LogP contribution in [0.4, 0.5) is 0 Å². The van der Waals surface area contributed by atoms with E-state index < -0.39 is 8.32 Å². The van der Waals surface area contributed by atoms with Gasteiger partial charge in [-0.15, -0.1) is 0 Å². The molecule has 0 fully saturated rings. The number of esters is 1. The van der Waals surface area contributed by atoms with Crippen LogP contribution in [0.5, 0.6) is 0 Å². The molecule has 2 rings (SSSR count). The van der Waals surface area contributed by atoms with Gasteiger partial charge >= 0.3 is 233 Å². The fourth-order valence-electron chi connectivity index (χ4n) is 4.61. The zero-order valence-corrected chi connectivity index (χ0v) is 29.9. The number of carbonyl (C=O) groups is 1. The summed E-state index contributed by atoms with van der Waals surface area (Å²) in [6, 6.07) is 4.82. The van der Waals surface area contributed by atoms with Crippen molar-refractivity contribution >= 4 is 33.7 Å². The number of carbonyl (C=O) groups excluding carboxylic acids is 1. The molecule has 0 aromatic heterocycles. The molecule has 0 saturated carbocycles. The number of hydrogen-bond acceptors (Lipinski definition) is 4. The molecule has 4 nitrogen and oxygen atoms in total. The Morgan fingerprint density at radius 2 is 1.62 bits per heavy atom. The number of rotatable bonds is 12. The fourth-order valence-corrected chi connectivity index (χ4v) is 7.27. The zero-order valence-electron chi connectivity index (χ0n) is 27.1. The minimum absolute atomic E-state index is 0.0454. The molecular formula is C34H54O4SeSi. The SMILES string of the molecule is CCOC(=O)/C=C(\C)C#C[Se]c1cc2c(cc1COCCCCCO[Si](C)(C)C(C)(C)C)C(C)(C)CCC2(C)C. The van der Waals surface area contributed by atoms with Gasteiger partial charge in [-0.05, 0) is 0 Å². The maximum absolute atomic E-state index is 11.8. The van der Waals surface area contributed by atoms with Crippen LogP contribution in [0, 0.1) is 10.7 Å². The van der Waals surface area contributed by atoms with E-state index in [2.05, 4.69) is 84.4 Å². The van der Waals surface area contributed by atoms with Crippen LogP contribution in [0.3, 0.4) is 0 Å². The van der Waals surface area contributed by atoms with Gasteiger partial charge in [-0.3, -0.25) is 0 Å². The Labute approximate surface area is 252 Å². The third kappa shape index (κ3) is 10.2. The van der Waals surface area contributed by atoms with Gasteiger partial charge in [0.25, 0.3) is 0 Å². The second-order valence-corrected chi connectivity index (χ2v) is 20.5. The van der Waals surface area contributed by atoms with Gasteiger partial charge in [0.15, 0.2) is 0 Å². The van der Waals surface area contributed by atoms with Crippen LogP contribution in [0.2, 0.25) is 18.1 Å². The first kappa shape index (κ1) is 34.8. The Morgan fingerprint density at radius 1 is 1.02 bits per heavy atom. The van der Waals surface area contributed by atoms with Crippen LogP contribution in [0.15, 0.2) is 23.8 Å². The number of fused-ring (bicyclic) bond motifs is 1. The van der Waals surface area contributed by atoms with E-state index in [1.54, 1.807) is 0 Å². The molecule has 0 aliphatic heterocycles. The molecule has 1 aliphatic carbocycles. The second-order valence-electron chi connectivity index (χ2n) is 13.9. The zero-order chi connectivity index (χ0) is 30.2. The Bertz CT molecular complexity index is 1100. The first-order valence-corrected chi connectivity index (χ1v) is 19.5. The number of allylic oxidation sites excluding steroid dienone is 1. The average Bonchev–Trinajstić information content (AvgIpc) is 2.83. The van der Waals surface area contributed by atoms with Crippen molar-refractivity contribution in [2.24, 2.45) is 0 Å². The molecule has 0 heterocycles. The Balaban J connectivity index is 2.09. The monoisotopic (exact) mass is 634 g/mol. The topological polar surface area (TPSA) is 44.8 Å². The molecule has 1 aliphatic rings. The quantitative estimate of drug-likeness (QED) is 0.0785. The molecule has 0 unspecified atom stereocenters. The summed E-state index contributed by atoms with van der Waals surface area (Å²) in [6.07, 6.45) is 7.09. The molecule has 40 heavy (non-hydrogen) atoms. The van der Waals surface area contributed by atoms with Crippen LogP contribution in [-0.4, -0.2) is 49.1 Å². The summed E-state index contributed by atoms with van der Waals surface area (Å²) in [7, 11) is -1.66. The van der Waals surface area contributed by atoms with Crippen LogP contribution in [0.1, 0.15) is 111 Å². The van der Waals surface area contributed by atoms with Crippen molar-refractivity contribution < 1.29 is 18.7 Å². The van der Waals surface area contributed by atoms with Crippen molar-refractivity contribution in [3.05, 3.63) is 40.5 Å². The molecule has 0 amide bonds. The fraction of sp³-hybridized carbons (Fsp3) is 0.676. The summed E-state index contributed by atoms with van der Waals surface area (Å²) >= 11 is -0.0454. The van der Waals surface area contributed by atoms with Gasteiger partial charge in [0.05, 0.1) is 0 Å². The van der Waals surface area contributed by atoms with Crippen LogP contribution >= 0.6 is 0 Å². The summed E-state index contributed by atoms with van der Waals surface area (Å²) in [5.41, 5.74) is 5.19. The molecular weight excluding hydrogens is 579 g/mol. The predicted molar refractivity (Wildman–Crippen MR) is 172 cm³/mol. The third-order valence-electron chi connectivity index (χ3n) is 8.52. The van der Waals surface area contributed by atoms with Crippen molar-refractivity contribution in [3.63, 3.8) is 0 Å². The van der Waals surface area contributed by atoms with Gasteiger partial charge in [-0.2, -0.15) is 0 Å². The van der Waals surface area contributed by atoms with E-state index in [0.717, 1.165) is 38.0 Å². The molecule has 224 valence electrons. The molecule has 1 aromatic rings. The number of benzene rings is 1. The Kier molecular flexibility index (Phi) is 12.8. The van der Waals surface area contributed by atoms with Gasteiger partial charge in [0.2, 0.25) is 0 Å². The molecule has 0 saturated heterocycles. The molecule has 0 bridgehead atoms. The van der Waals surface area contributed by atoms with E-state index in [4.69, 9.17) is 13.9 Å². The normalized spacial score (nSPS) is 16.6. The Hall–Kier alpha value is -1.35. The van der Waals surface area contributed by atoms with E-state index in [9.17, 15) is 4.79 Å². The van der Waals surface area contributed by atoms with Gasteiger partial charge in [0.1, 0.15) is 0 Å². The summed E-state index contributed by atoms with van der Waals surface area (Å²) in [5.74, 6) is 2.84. The standard InChI is InChI=1S/C34H54O4SeSi/c1-12-37-31(35)22-26(2)16-21-39-30-24-29-28(33(6,7)17-18-34(29,8)9)23-27(30)25-36-19-14-13-15-20-38-40(10,11)32(3,4)5/h22-24H,12-15,17-20,25H2,1-11H3/b26-22+. The molecule has 6 heteroatoms. The van der Waals surface area contributed by atoms with E-state index in [-0.39, 0.29) is 36.8 Å². The summed E-state index contributed by atoms with van der Waals surface area (Å²) in [6.45, 7) is 27.2. The number of unbranched alkanes of at least 4 members (excludes halogenated alkanes) is 2. The van der Waals surface area contributed by atoms with Crippen molar-refractivity contribution in [1.82, 2.24) is 0 Å². The molecule has 0 atom stereocenters. The predicted octanol–water partition coefficient (Wildman–Crippen LogP) is 7.54. The van der Waals surface area contributed by atoms with Crippen LogP contribution in [0.25, 0.3) is 0 Å². The summed E-state index contributed by atoms with van der Waals surface area (Å²) < 4.78 is 18.9. The second kappa shape index (κ2) is 14.7. The van der Waals surface area contributed by atoms with Crippen molar-refractivity contribution in [1.29, 1.82) is 0 Å². The van der Waals surface area contributed by atoms with Crippen LogP contribution in [-0.2, 0) is 36.1 Å². The molecule has 0 N–H and O–H groups in total. The van der Waals surface area contributed by atoms with Gasteiger partial charge < -0.3 is 0 Å². The summed E-state index contributed by atoms with van der Waals surface area (Å²) in [4.78, 5) is 15.1. The molecule has 0 spiro atoms. The average molecular weight is 634 g/mol. The maximum atomic E-state index is 11.8. The third-order valence-corrected chi connectivity index (χ3v) is 14.7.